The van der Waals surface area contributed by atoms with Crippen molar-refractivity contribution in [2.75, 3.05) is 5.32 Å². The van der Waals surface area contributed by atoms with Crippen LogP contribution in [-0.4, -0.2) is 10.8 Å². The van der Waals surface area contributed by atoms with Gasteiger partial charge in [0.25, 0.3) is 5.69 Å². The molecule has 0 bridgehead atoms. The van der Waals surface area contributed by atoms with Gasteiger partial charge in [-0.2, -0.15) is 0 Å². The summed E-state index contributed by atoms with van der Waals surface area (Å²) in [6, 6.07) is 12.0. The van der Waals surface area contributed by atoms with Crippen molar-refractivity contribution < 1.29 is 9.72 Å². The maximum absolute atomic E-state index is 12.2. The van der Waals surface area contributed by atoms with Crippen molar-refractivity contribution in [3.63, 3.8) is 0 Å². The van der Waals surface area contributed by atoms with Crippen LogP contribution >= 0.6 is 0 Å². The first-order valence-electron chi connectivity index (χ1n) is 7.71. The predicted octanol–water partition coefficient (Wildman–Crippen LogP) is 4.68. The summed E-state index contributed by atoms with van der Waals surface area (Å²) in [5, 5.41) is 13.5. The van der Waals surface area contributed by atoms with Crippen LogP contribution in [0.2, 0.25) is 0 Å². The van der Waals surface area contributed by atoms with Crippen molar-refractivity contribution in [1.29, 1.82) is 0 Å². The number of nitro groups is 1. The summed E-state index contributed by atoms with van der Waals surface area (Å²) in [4.78, 5) is 22.4. The molecule has 5 nitrogen and oxygen atoms in total. The lowest BCUT2D eigenvalue weighted by Gasteiger charge is -2.15. The molecular weight excluding hydrogens is 304 g/mol. The van der Waals surface area contributed by atoms with Crippen LogP contribution in [-0.2, 0) is 4.79 Å². The normalized spacial score (nSPS) is 11.0. The number of amides is 1. The molecule has 124 valence electrons. The Morgan fingerprint density at radius 2 is 1.83 bits per heavy atom. The molecule has 1 amide bonds. The Balaban J connectivity index is 2.12. The second-order valence-electron chi connectivity index (χ2n) is 5.87. The number of benzene rings is 2. The van der Waals surface area contributed by atoms with Crippen molar-refractivity contribution in [2.45, 2.75) is 26.7 Å². The molecule has 0 unspecified atom stereocenters. The molecule has 1 N–H and O–H groups in total. The van der Waals surface area contributed by atoms with E-state index in [1.807, 2.05) is 25.1 Å². The van der Waals surface area contributed by atoms with Crippen LogP contribution in [0, 0.1) is 17.0 Å². The molecule has 0 aliphatic carbocycles. The van der Waals surface area contributed by atoms with Gasteiger partial charge in [0.05, 0.1) is 4.92 Å². The fourth-order valence-electron chi connectivity index (χ4n) is 2.39. The number of rotatable bonds is 5. The largest absolute Gasteiger partial charge is 0.322 e. The Bertz CT molecular complexity index is 778. The number of carbonyl (C=O) groups excluding carboxylic acids is 1. The van der Waals surface area contributed by atoms with Gasteiger partial charge in [0, 0.05) is 23.9 Å². The number of non-ortho nitro benzene ring substituents is 1. The second-order valence-corrected chi connectivity index (χ2v) is 5.87. The van der Waals surface area contributed by atoms with Crippen LogP contribution in [0.1, 0.15) is 36.5 Å². The highest BCUT2D eigenvalue weighted by molar-refractivity contribution is 6.02. The second kappa shape index (κ2) is 7.55. The van der Waals surface area contributed by atoms with E-state index in [0.717, 1.165) is 22.4 Å². The third-order valence-electron chi connectivity index (χ3n) is 3.71. The monoisotopic (exact) mass is 324 g/mol. The molecule has 0 heterocycles. The lowest BCUT2D eigenvalue weighted by atomic mass is 9.98. The minimum Gasteiger partial charge on any atom is -0.322 e. The zero-order valence-corrected chi connectivity index (χ0v) is 13.9. The molecular formula is C19H20N2O3. The molecule has 0 saturated carbocycles. The fraction of sp³-hybridized carbons (Fsp3) is 0.211. The molecule has 0 saturated heterocycles. The highest BCUT2D eigenvalue weighted by Gasteiger charge is 2.10. The van der Waals surface area contributed by atoms with E-state index < -0.39 is 4.92 Å². The smallest absolute Gasteiger partial charge is 0.269 e. The first kappa shape index (κ1) is 17.4. The fourth-order valence-corrected chi connectivity index (χ4v) is 2.39. The zero-order chi connectivity index (χ0) is 17.7. The third-order valence-corrected chi connectivity index (χ3v) is 3.71. The lowest BCUT2D eigenvalue weighted by Crippen LogP contribution is -2.11. The molecule has 2 aromatic rings. The molecule has 24 heavy (non-hydrogen) atoms. The van der Waals surface area contributed by atoms with Crippen LogP contribution in [0.15, 0.2) is 48.5 Å². The molecule has 2 rings (SSSR count). The number of carbonyl (C=O) groups is 1. The molecule has 0 fully saturated rings. The van der Waals surface area contributed by atoms with E-state index in [2.05, 4.69) is 19.2 Å². The number of nitrogens with zero attached hydrogens (tertiary/aromatic N) is 1. The summed E-state index contributed by atoms with van der Waals surface area (Å²) in [6.07, 6.45) is 3.06. The van der Waals surface area contributed by atoms with Gasteiger partial charge in [-0.25, -0.2) is 0 Å². The van der Waals surface area contributed by atoms with E-state index in [-0.39, 0.29) is 11.6 Å². The first-order valence-corrected chi connectivity index (χ1v) is 7.71. The Morgan fingerprint density at radius 3 is 2.42 bits per heavy atom. The predicted molar refractivity (Wildman–Crippen MR) is 96.0 cm³/mol. The number of hydrogen-bond acceptors (Lipinski definition) is 3. The summed E-state index contributed by atoms with van der Waals surface area (Å²) < 4.78 is 0. The zero-order valence-electron chi connectivity index (χ0n) is 13.9. The quantitative estimate of drug-likeness (QED) is 0.493. The van der Waals surface area contributed by atoms with Gasteiger partial charge in [0.1, 0.15) is 0 Å². The Hall–Kier alpha value is -2.95. The van der Waals surface area contributed by atoms with Crippen molar-refractivity contribution in [3.8, 4) is 0 Å². The van der Waals surface area contributed by atoms with E-state index >= 15 is 0 Å². The molecule has 0 aliphatic heterocycles. The van der Waals surface area contributed by atoms with Gasteiger partial charge in [-0.05, 0) is 47.7 Å². The van der Waals surface area contributed by atoms with Gasteiger partial charge in [-0.3, -0.25) is 14.9 Å². The standard InChI is InChI=1S/C19H20N2O3/c1-13(2)17-6-4-5-14(3)19(17)20-18(22)12-9-15-7-10-16(11-8-15)21(23)24/h4-13H,1-3H3,(H,20,22)/b12-9+. The maximum Gasteiger partial charge on any atom is 0.269 e. The summed E-state index contributed by atoms with van der Waals surface area (Å²) in [5.41, 5.74) is 3.69. The highest BCUT2D eigenvalue weighted by atomic mass is 16.6. The van der Waals surface area contributed by atoms with E-state index in [1.165, 1.54) is 18.2 Å². The van der Waals surface area contributed by atoms with Crippen LogP contribution in [0.3, 0.4) is 0 Å². The summed E-state index contributed by atoms with van der Waals surface area (Å²) in [5.74, 6) is 0.0726. The third kappa shape index (κ3) is 4.29. The van der Waals surface area contributed by atoms with Gasteiger partial charge < -0.3 is 5.32 Å². The van der Waals surface area contributed by atoms with E-state index in [0.29, 0.717) is 5.92 Å². The number of anilines is 1. The highest BCUT2D eigenvalue weighted by Crippen LogP contribution is 2.27. The van der Waals surface area contributed by atoms with Gasteiger partial charge in [-0.15, -0.1) is 0 Å². The Labute approximate surface area is 141 Å². The summed E-state index contributed by atoms with van der Waals surface area (Å²) >= 11 is 0. The van der Waals surface area contributed by atoms with Crippen LogP contribution in [0.4, 0.5) is 11.4 Å². The number of para-hydroxylation sites is 1. The maximum atomic E-state index is 12.2. The molecule has 0 aromatic heterocycles. The van der Waals surface area contributed by atoms with E-state index in [1.54, 1.807) is 18.2 Å². The average molecular weight is 324 g/mol. The minimum atomic E-state index is -0.453. The Morgan fingerprint density at radius 1 is 1.17 bits per heavy atom. The molecule has 2 aromatic carbocycles. The molecule has 0 aliphatic rings. The molecule has 0 radical (unpaired) electrons. The Kier molecular flexibility index (Phi) is 5.47. The van der Waals surface area contributed by atoms with Crippen molar-refractivity contribution in [3.05, 3.63) is 75.3 Å². The summed E-state index contributed by atoms with van der Waals surface area (Å²) in [7, 11) is 0. The number of nitrogens with one attached hydrogen (secondary N) is 1. The molecule has 0 atom stereocenters. The average Bonchev–Trinajstić information content (AvgIpc) is 2.55. The first-order chi connectivity index (χ1) is 11.4. The van der Waals surface area contributed by atoms with E-state index in [4.69, 9.17) is 0 Å². The van der Waals surface area contributed by atoms with Gasteiger partial charge in [0.2, 0.25) is 5.91 Å². The van der Waals surface area contributed by atoms with Gasteiger partial charge in [-0.1, -0.05) is 32.0 Å². The topological polar surface area (TPSA) is 72.2 Å². The van der Waals surface area contributed by atoms with Crippen molar-refractivity contribution >= 4 is 23.4 Å². The van der Waals surface area contributed by atoms with Crippen LogP contribution in [0.25, 0.3) is 6.08 Å². The van der Waals surface area contributed by atoms with Crippen molar-refractivity contribution in [2.24, 2.45) is 0 Å². The minimum absolute atomic E-state index is 0.0260. The van der Waals surface area contributed by atoms with Crippen molar-refractivity contribution in [1.82, 2.24) is 0 Å². The van der Waals surface area contributed by atoms with Gasteiger partial charge >= 0.3 is 0 Å². The van der Waals surface area contributed by atoms with Gasteiger partial charge in [0.15, 0.2) is 0 Å². The number of nitro benzene ring substituents is 1. The lowest BCUT2D eigenvalue weighted by molar-refractivity contribution is -0.384. The molecule has 5 heteroatoms. The SMILES string of the molecule is Cc1cccc(C(C)C)c1NC(=O)/C=C/c1ccc([N+](=O)[O-])cc1. The number of aryl methyl sites for hydroxylation is 1. The van der Waals surface area contributed by atoms with E-state index in [9.17, 15) is 14.9 Å². The van der Waals surface area contributed by atoms with Crippen LogP contribution < -0.4 is 5.32 Å². The molecule has 0 spiro atoms. The number of hydrogen-bond donors (Lipinski definition) is 1. The summed E-state index contributed by atoms with van der Waals surface area (Å²) in [6.45, 7) is 6.12. The van der Waals surface area contributed by atoms with Crippen LogP contribution in [0.5, 0.6) is 0 Å².